The lowest BCUT2D eigenvalue weighted by atomic mass is 10.0. The Kier molecular flexibility index (Phi) is 6.87. The average Bonchev–Trinajstić information content (AvgIpc) is 3.07. The highest BCUT2D eigenvalue weighted by atomic mass is 32.2. The Morgan fingerprint density at radius 1 is 1.30 bits per heavy atom. The topological polar surface area (TPSA) is 88.3 Å². The average molecular weight is 405 g/mol. The van der Waals surface area contributed by atoms with Gasteiger partial charge in [-0.05, 0) is 44.0 Å². The molecule has 0 unspecified atom stereocenters. The van der Waals surface area contributed by atoms with E-state index in [9.17, 15) is 9.59 Å². The Balaban J connectivity index is 1.45. The number of thiazole rings is 1. The Labute approximate surface area is 167 Å². The van der Waals surface area contributed by atoms with Crippen LogP contribution >= 0.6 is 23.1 Å². The maximum Gasteiger partial charge on any atom is 0.251 e. The third kappa shape index (κ3) is 6.05. The van der Waals surface area contributed by atoms with Crippen LogP contribution in [0.15, 0.2) is 34.5 Å². The van der Waals surface area contributed by atoms with Gasteiger partial charge in [0.15, 0.2) is 0 Å². The number of primary amides is 1. The number of carbonyl (C=O) groups is 2. The summed E-state index contributed by atoms with van der Waals surface area (Å²) < 4.78 is 0. The number of rotatable bonds is 7. The molecule has 0 atom stereocenters. The molecule has 0 radical (unpaired) electrons. The predicted octanol–water partition coefficient (Wildman–Crippen LogP) is 2.42. The molecule has 2 heterocycles. The molecule has 1 aromatic carbocycles. The predicted molar refractivity (Wildman–Crippen MR) is 109 cm³/mol. The summed E-state index contributed by atoms with van der Waals surface area (Å²) in [7, 11) is 0. The number of hydrogen-bond donors (Lipinski definition) is 2. The lowest BCUT2D eigenvalue weighted by Crippen LogP contribution is -2.46. The molecule has 6 nitrogen and oxygen atoms in total. The van der Waals surface area contributed by atoms with Gasteiger partial charge in [0.1, 0.15) is 0 Å². The molecule has 8 heteroatoms. The first-order valence-electron chi connectivity index (χ1n) is 8.95. The zero-order chi connectivity index (χ0) is 19.2. The standard InChI is InChI=1S/C19H24N4O2S2/c1-13-21-16(11-26-13)12-27-17-4-2-14(3-5-17)19(25)22-15-6-8-23(9-7-15)10-18(20)24/h2-5,11,15H,6-10,12H2,1H3,(H2,20,24)(H,22,25). The van der Waals surface area contributed by atoms with Crippen molar-refractivity contribution in [3.05, 3.63) is 45.9 Å². The zero-order valence-corrected chi connectivity index (χ0v) is 16.9. The molecule has 2 aromatic rings. The van der Waals surface area contributed by atoms with Gasteiger partial charge in [-0.25, -0.2) is 4.98 Å². The highest BCUT2D eigenvalue weighted by Crippen LogP contribution is 2.24. The minimum absolute atomic E-state index is 0.0463. The van der Waals surface area contributed by atoms with Crippen molar-refractivity contribution in [2.75, 3.05) is 19.6 Å². The lowest BCUT2D eigenvalue weighted by Gasteiger charge is -2.31. The van der Waals surface area contributed by atoms with E-state index in [4.69, 9.17) is 5.73 Å². The van der Waals surface area contributed by atoms with Gasteiger partial charge in [0, 0.05) is 40.7 Å². The first-order chi connectivity index (χ1) is 13.0. The van der Waals surface area contributed by atoms with Gasteiger partial charge in [-0.3, -0.25) is 14.5 Å². The van der Waals surface area contributed by atoms with E-state index in [1.807, 2.05) is 36.1 Å². The highest BCUT2D eigenvalue weighted by molar-refractivity contribution is 7.98. The number of nitrogens with zero attached hydrogens (tertiary/aromatic N) is 2. The molecule has 1 aliphatic heterocycles. The molecule has 3 N–H and O–H groups in total. The van der Waals surface area contributed by atoms with Crippen LogP contribution in [0.4, 0.5) is 0 Å². The maximum atomic E-state index is 12.5. The molecule has 27 heavy (non-hydrogen) atoms. The number of carbonyl (C=O) groups excluding carboxylic acids is 2. The summed E-state index contributed by atoms with van der Waals surface area (Å²) >= 11 is 3.38. The van der Waals surface area contributed by atoms with Crippen molar-refractivity contribution in [1.82, 2.24) is 15.2 Å². The van der Waals surface area contributed by atoms with Gasteiger partial charge < -0.3 is 11.1 Å². The second kappa shape index (κ2) is 9.34. The molecule has 1 aromatic heterocycles. The van der Waals surface area contributed by atoms with Crippen LogP contribution in [0.1, 0.15) is 33.9 Å². The van der Waals surface area contributed by atoms with Crippen molar-refractivity contribution in [2.24, 2.45) is 5.73 Å². The summed E-state index contributed by atoms with van der Waals surface area (Å²) in [6.07, 6.45) is 1.67. The minimum atomic E-state index is -0.305. The number of aryl methyl sites for hydroxylation is 1. The molecule has 0 saturated carbocycles. The van der Waals surface area contributed by atoms with Crippen LogP contribution < -0.4 is 11.1 Å². The van der Waals surface area contributed by atoms with Gasteiger partial charge >= 0.3 is 0 Å². The fourth-order valence-electron chi connectivity index (χ4n) is 3.06. The van der Waals surface area contributed by atoms with Crippen molar-refractivity contribution >= 4 is 34.9 Å². The van der Waals surface area contributed by atoms with Crippen LogP contribution in [-0.2, 0) is 10.5 Å². The van der Waals surface area contributed by atoms with E-state index in [2.05, 4.69) is 15.7 Å². The lowest BCUT2D eigenvalue weighted by molar-refractivity contribution is -0.119. The van der Waals surface area contributed by atoms with E-state index >= 15 is 0 Å². The van der Waals surface area contributed by atoms with Gasteiger partial charge in [-0.1, -0.05) is 0 Å². The smallest absolute Gasteiger partial charge is 0.251 e. The maximum absolute atomic E-state index is 12.5. The molecule has 2 amide bonds. The second-order valence-electron chi connectivity index (χ2n) is 6.66. The Morgan fingerprint density at radius 3 is 2.59 bits per heavy atom. The summed E-state index contributed by atoms with van der Waals surface area (Å²) in [5.74, 6) is 0.482. The Morgan fingerprint density at radius 2 is 2.00 bits per heavy atom. The van der Waals surface area contributed by atoms with E-state index in [0.29, 0.717) is 12.1 Å². The molecular weight excluding hydrogens is 380 g/mol. The molecule has 0 bridgehead atoms. The highest BCUT2D eigenvalue weighted by Gasteiger charge is 2.21. The number of nitrogens with two attached hydrogens (primary N) is 1. The van der Waals surface area contributed by atoms with Crippen LogP contribution in [0, 0.1) is 6.92 Å². The minimum Gasteiger partial charge on any atom is -0.369 e. The number of piperidine rings is 1. The van der Waals surface area contributed by atoms with Gasteiger partial charge in [0.25, 0.3) is 5.91 Å². The van der Waals surface area contributed by atoms with E-state index in [1.54, 1.807) is 23.1 Å². The second-order valence-corrected chi connectivity index (χ2v) is 8.77. The summed E-state index contributed by atoms with van der Waals surface area (Å²) in [5, 5.41) is 6.26. The van der Waals surface area contributed by atoms with Crippen LogP contribution in [0.3, 0.4) is 0 Å². The summed E-state index contributed by atoms with van der Waals surface area (Å²) in [6.45, 7) is 3.85. The largest absolute Gasteiger partial charge is 0.369 e. The van der Waals surface area contributed by atoms with Gasteiger partial charge in [0.05, 0.1) is 17.2 Å². The number of likely N-dealkylation sites (tertiary alicyclic amines) is 1. The summed E-state index contributed by atoms with van der Waals surface area (Å²) in [6, 6.07) is 7.84. The van der Waals surface area contributed by atoms with E-state index in [1.165, 1.54) is 0 Å². The number of amides is 2. The SMILES string of the molecule is Cc1nc(CSc2ccc(C(=O)NC3CCN(CC(N)=O)CC3)cc2)cs1. The third-order valence-corrected chi connectivity index (χ3v) is 6.34. The first-order valence-corrected chi connectivity index (χ1v) is 10.8. The molecule has 1 saturated heterocycles. The quantitative estimate of drug-likeness (QED) is 0.692. The molecule has 3 rings (SSSR count). The van der Waals surface area contributed by atoms with Gasteiger partial charge in [-0.15, -0.1) is 23.1 Å². The third-order valence-electron chi connectivity index (χ3n) is 4.47. The molecule has 1 aliphatic rings. The van der Waals surface area contributed by atoms with Gasteiger partial charge in [0.2, 0.25) is 5.91 Å². The molecule has 0 aliphatic carbocycles. The fourth-order valence-corrected chi connectivity index (χ4v) is 4.57. The monoisotopic (exact) mass is 404 g/mol. The zero-order valence-electron chi connectivity index (χ0n) is 15.3. The van der Waals surface area contributed by atoms with Crippen molar-refractivity contribution < 1.29 is 9.59 Å². The molecular formula is C19H24N4O2S2. The van der Waals surface area contributed by atoms with Gasteiger partial charge in [-0.2, -0.15) is 0 Å². The summed E-state index contributed by atoms with van der Waals surface area (Å²) in [5.41, 5.74) is 6.99. The number of nitrogens with one attached hydrogen (secondary N) is 1. The van der Waals surface area contributed by atoms with E-state index in [0.717, 1.165) is 47.3 Å². The van der Waals surface area contributed by atoms with Crippen molar-refractivity contribution in [1.29, 1.82) is 0 Å². The fraction of sp³-hybridized carbons (Fsp3) is 0.421. The first kappa shape index (κ1) is 19.9. The number of thioether (sulfide) groups is 1. The molecule has 0 spiro atoms. The number of hydrogen-bond acceptors (Lipinski definition) is 6. The van der Waals surface area contributed by atoms with Crippen molar-refractivity contribution in [2.45, 2.75) is 36.5 Å². The Hall–Kier alpha value is -1.90. The summed E-state index contributed by atoms with van der Waals surface area (Å²) in [4.78, 5) is 31.0. The van der Waals surface area contributed by atoms with E-state index < -0.39 is 0 Å². The normalized spacial score (nSPS) is 15.6. The number of aromatic nitrogens is 1. The van der Waals surface area contributed by atoms with Crippen molar-refractivity contribution in [3.63, 3.8) is 0 Å². The van der Waals surface area contributed by atoms with Crippen LogP contribution in [0.5, 0.6) is 0 Å². The van der Waals surface area contributed by atoms with Crippen LogP contribution in [0.25, 0.3) is 0 Å². The number of benzene rings is 1. The molecule has 144 valence electrons. The Bertz CT molecular complexity index is 783. The van der Waals surface area contributed by atoms with Crippen molar-refractivity contribution in [3.8, 4) is 0 Å². The molecule has 1 fully saturated rings. The van der Waals surface area contributed by atoms with Crippen LogP contribution in [-0.4, -0.2) is 47.4 Å². The van der Waals surface area contributed by atoms with E-state index in [-0.39, 0.29) is 17.9 Å². The van der Waals surface area contributed by atoms with Crippen LogP contribution in [0.2, 0.25) is 0 Å².